The Bertz CT molecular complexity index is 498. The van der Waals surface area contributed by atoms with Crippen molar-refractivity contribution in [2.45, 2.75) is 6.54 Å². The monoisotopic (exact) mass is 273 g/mol. The van der Waals surface area contributed by atoms with E-state index in [9.17, 15) is 18.5 Å². The van der Waals surface area contributed by atoms with Gasteiger partial charge in [-0.1, -0.05) is 6.54 Å². The van der Waals surface area contributed by atoms with Gasteiger partial charge in [-0.25, -0.2) is 8.42 Å². The van der Waals surface area contributed by atoms with Crippen LogP contribution < -0.4 is 5.32 Å². The Morgan fingerprint density at radius 1 is 1.33 bits per heavy atom. The van der Waals surface area contributed by atoms with Gasteiger partial charge in [0.1, 0.15) is 6.54 Å². The van der Waals surface area contributed by atoms with Crippen molar-refractivity contribution in [3.63, 3.8) is 0 Å². The summed E-state index contributed by atoms with van der Waals surface area (Å²) in [5.74, 6) is 0. The molecule has 0 heterocycles. The Hall–Kier alpha value is -1.51. The predicted octanol–water partition coefficient (Wildman–Crippen LogP) is -0.00850. The second kappa shape index (κ2) is 6.43. The van der Waals surface area contributed by atoms with E-state index >= 15 is 0 Å². The van der Waals surface area contributed by atoms with E-state index in [4.69, 9.17) is 0 Å². The van der Waals surface area contributed by atoms with Gasteiger partial charge in [-0.15, -0.1) is 0 Å². The third kappa shape index (κ3) is 5.71. The summed E-state index contributed by atoms with van der Waals surface area (Å²) in [6.07, 6.45) is 1.06. The van der Waals surface area contributed by atoms with E-state index in [1.54, 1.807) is 12.1 Å². The standard InChI is InChI=1S/C10H14N3O4S/c1-18(16,17)12-7-6-11-8-9-2-4-10(5-3-9)13(14)15/h2-5,11H,6-8H2,1H3/q-1/p+1. The van der Waals surface area contributed by atoms with Crippen LogP contribution in [0.4, 0.5) is 5.69 Å². The number of non-ortho nitro benzene ring substituents is 1. The minimum atomic E-state index is -3.25. The number of hydrogen-bond acceptors (Lipinski definition) is 4. The summed E-state index contributed by atoms with van der Waals surface area (Å²) in [7, 11) is -3.25. The van der Waals surface area contributed by atoms with E-state index in [1.165, 1.54) is 12.1 Å². The van der Waals surface area contributed by atoms with Gasteiger partial charge < -0.3 is 10.0 Å². The fourth-order valence-electron chi connectivity index (χ4n) is 1.33. The fourth-order valence-corrected chi connectivity index (χ4v) is 1.77. The lowest BCUT2D eigenvalue weighted by atomic mass is 10.2. The molecule has 18 heavy (non-hydrogen) atoms. The zero-order chi connectivity index (χ0) is 13.6. The molecule has 0 aliphatic rings. The SMILES string of the molecule is CS(=O)(=O)[N-]CC[NH2+]Cc1ccc([N+](=O)[O-])cc1. The first-order valence-electron chi connectivity index (χ1n) is 5.32. The molecule has 0 saturated heterocycles. The van der Waals surface area contributed by atoms with Crippen molar-refractivity contribution in [3.05, 3.63) is 44.7 Å². The number of nitro groups is 1. The fraction of sp³-hybridized carbons (Fsp3) is 0.400. The molecule has 0 aliphatic heterocycles. The van der Waals surface area contributed by atoms with Crippen molar-refractivity contribution in [2.75, 3.05) is 19.3 Å². The van der Waals surface area contributed by atoms with E-state index < -0.39 is 14.9 Å². The summed E-state index contributed by atoms with van der Waals surface area (Å²) in [4.78, 5) is 9.99. The molecule has 8 heteroatoms. The van der Waals surface area contributed by atoms with Gasteiger partial charge >= 0.3 is 0 Å². The quantitative estimate of drug-likeness (QED) is 0.428. The first-order valence-corrected chi connectivity index (χ1v) is 7.17. The largest absolute Gasteiger partial charge is 0.545 e. The van der Waals surface area contributed by atoms with Crippen molar-refractivity contribution in [1.82, 2.24) is 0 Å². The Morgan fingerprint density at radius 3 is 2.44 bits per heavy atom. The van der Waals surface area contributed by atoms with Gasteiger partial charge in [-0.2, -0.15) is 0 Å². The number of benzene rings is 1. The Kier molecular flexibility index (Phi) is 5.20. The van der Waals surface area contributed by atoms with Gasteiger partial charge in [0, 0.05) is 24.0 Å². The Morgan fingerprint density at radius 2 is 1.94 bits per heavy atom. The average molecular weight is 273 g/mol. The van der Waals surface area contributed by atoms with Crippen LogP contribution in [0, 0.1) is 10.1 Å². The third-order valence-corrected chi connectivity index (χ3v) is 2.84. The molecule has 1 rings (SSSR count). The van der Waals surface area contributed by atoms with Crippen LogP contribution in [0.25, 0.3) is 4.72 Å². The zero-order valence-corrected chi connectivity index (χ0v) is 10.8. The second-order valence-electron chi connectivity index (χ2n) is 3.79. The molecule has 0 unspecified atom stereocenters. The van der Waals surface area contributed by atoms with Crippen LogP contribution in [0.1, 0.15) is 5.56 Å². The number of nitrogens with zero attached hydrogens (tertiary/aromatic N) is 2. The highest BCUT2D eigenvalue weighted by atomic mass is 32.2. The van der Waals surface area contributed by atoms with Gasteiger partial charge in [0.05, 0.1) is 21.5 Å². The van der Waals surface area contributed by atoms with Gasteiger partial charge in [0.2, 0.25) is 0 Å². The highest BCUT2D eigenvalue weighted by Gasteiger charge is 2.03. The number of rotatable bonds is 7. The van der Waals surface area contributed by atoms with Gasteiger partial charge in [0.25, 0.3) is 5.69 Å². The second-order valence-corrected chi connectivity index (χ2v) is 5.51. The molecule has 0 spiro atoms. The summed E-state index contributed by atoms with van der Waals surface area (Å²) in [6.45, 7) is 1.44. The summed E-state index contributed by atoms with van der Waals surface area (Å²) in [5.41, 5.74) is 1.01. The average Bonchev–Trinajstić information content (AvgIpc) is 2.27. The first kappa shape index (κ1) is 14.6. The molecule has 0 aromatic heterocycles. The maximum atomic E-state index is 10.7. The molecule has 100 valence electrons. The summed E-state index contributed by atoms with van der Waals surface area (Å²) in [6, 6.07) is 6.26. The summed E-state index contributed by atoms with van der Waals surface area (Å²) in [5, 5.41) is 12.3. The smallest absolute Gasteiger partial charge is 0.269 e. The van der Waals surface area contributed by atoms with Crippen molar-refractivity contribution in [3.8, 4) is 0 Å². The van der Waals surface area contributed by atoms with Crippen LogP contribution in [0.15, 0.2) is 24.3 Å². The van der Waals surface area contributed by atoms with E-state index in [0.29, 0.717) is 13.1 Å². The number of nitrogens with two attached hydrogens (primary N) is 1. The van der Waals surface area contributed by atoms with Crippen molar-refractivity contribution in [1.29, 1.82) is 0 Å². The Labute approximate surface area is 105 Å². The highest BCUT2D eigenvalue weighted by Crippen LogP contribution is 2.10. The maximum absolute atomic E-state index is 10.7. The molecule has 7 nitrogen and oxygen atoms in total. The summed E-state index contributed by atoms with van der Waals surface area (Å²) < 4.78 is 24.9. The normalized spacial score (nSPS) is 11.4. The lowest BCUT2D eigenvalue weighted by Gasteiger charge is -2.14. The van der Waals surface area contributed by atoms with Crippen LogP contribution in [0.5, 0.6) is 0 Å². The van der Waals surface area contributed by atoms with Crippen molar-refractivity contribution >= 4 is 15.7 Å². The van der Waals surface area contributed by atoms with E-state index in [-0.39, 0.29) is 12.2 Å². The first-order chi connectivity index (χ1) is 8.38. The van der Waals surface area contributed by atoms with Crippen LogP contribution >= 0.6 is 0 Å². The predicted molar refractivity (Wildman–Crippen MR) is 66.7 cm³/mol. The van der Waals surface area contributed by atoms with E-state index in [1.807, 2.05) is 5.32 Å². The lowest BCUT2D eigenvalue weighted by Crippen LogP contribution is -2.83. The maximum Gasteiger partial charge on any atom is 0.269 e. The number of sulfonamides is 1. The van der Waals surface area contributed by atoms with E-state index in [2.05, 4.69) is 4.72 Å². The molecule has 0 radical (unpaired) electrons. The molecule has 1 aromatic rings. The number of quaternary nitrogens is 1. The van der Waals surface area contributed by atoms with E-state index in [0.717, 1.165) is 11.8 Å². The molecule has 2 N–H and O–H groups in total. The van der Waals surface area contributed by atoms with Crippen LogP contribution in [0.2, 0.25) is 0 Å². The topological polar surface area (TPSA) is 108 Å². The molecule has 0 saturated carbocycles. The zero-order valence-electron chi connectivity index (χ0n) is 9.94. The molecule has 0 amide bonds. The molecule has 0 bridgehead atoms. The van der Waals surface area contributed by atoms with Gasteiger partial charge in [-0.05, 0) is 12.1 Å². The van der Waals surface area contributed by atoms with Crippen molar-refractivity contribution in [2.24, 2.45) is 0 Å². The van der Waals surface area contributed by atoms with Crippen LogP contribution in [0.3, 0.4) is 0 Å². The Balaban J connectivity index is 2.29. The molecule has 0 aliphatic carbocycles. The summed E-state index contributed by atoms with van der Waals surface area (Å²) >= 11 is 0. The molecule has 0 fully saturated rings. The molecule has 1 aromatic carbocycles. The molecular formula is C10H15N3O4S. The van der Waals surface area contributed by atoms with Gasteiger partial charge in [0.15, 0.2) is 0 Å². The lowest BCUT2D eigenvalue weighted by molar-refractivity contribution is -0.667. The van der Waals surface area contributed by atoms with Crippen LogP contribution in [-0.4, -0.2) is 32.7 Å². The van der Waals surface area contributed by atoms with Crippen LogP contribution in [-0.2, 0) is 16.6 Å². The molecular weight excluding hydrogens is 258 g/mol. The minimum Gasteiger partial charge on any atom is -0.545 e. The van der Waals surface area contributed by atoms with Crippen molar-refractivity contribution < 1.29 is 18.7 Å². The number of hydrogen-bond donors (Lipinski definition) is 1. The number of nitro benzene ring substituents is 1. The van der Waals surface area contributed by atoms with Gasteiger partial charge in [-0.3, -0.25) is 10.1 Å². The highest BCUT2D eigenvalue weighted by molar-refractivity contribution is 7.93. The molecule has 0 atom stereocenters. The third-order valence-electron chi connectivity index (χ3n) is 2.19. The minimum absolute atomic E-state index is 0.0610.